The molecule has 1 heterocycles. The van der Waals surface area contributed by atoms with E-state index in [1.807, 2.05) is 6.07 Å². The molecule has 0 saturated heterocycles. The number of nitrogens with zero attached hydrogens (tertiary/aromatic N) is 4. The number of nitriles is 1. The highest BCUT2D eigenvalue weighted by Gasteiger charge is 2.25. The molecule has 8 heteroatoms. The Labute approximate surface area is 161 Å². The van der Waals surface area contributed by atoms with Crippen molar-refractivity contribution in [2.24, 2.45) is 4.99 Å². The fraction of sp³-hybridized carbons (Fsp3) is 0.350. The molecule has 1 aromatic carbocycles. The van der Waals surface area contributed by atoms with Crippen molar-refractivity contribution in [3.05, 3.63) is 60.9 Å². The maximum atomic E-state index is 12.7. The van der Waals surface area contributed by atoms with Crippen molar-refractivity contribution in [1.29, 1.82) is 5.26 Å². The van der Waals surface area contributed by atoms with Crippen LogP contribution in [0.3, 0.4) is 0 Å². The van der Waals surface area contributed by atoms with Crippen LogP contribution >= 0.6 is 0 Å². The molecule has 0 amide bonds. The molecular weight excluding hydrogens is 360 g/mol. The van der Waals surface area contributed by atoms with Gasteiger partial charge in [0.15, 0.2) is 0 Å². The summed E-state index contributed by atoms with van der Waals surface area (Å²) in [6, 6.07) is 6.10. The molecule has 0 spiro atoms. The van der Waals surface area contributed by atoms with Crippen molar-refractivity contribution in [2.75, 3.05) is 0 Å². The minimum absolute atomic E-state index is 0.00780. The van der Waals surface area contributed by atoms with Gasteiger partial charge in [-0.15, -0.1) is 0 Å². The number of aromatic nitrogens is 1. The zero-order chi connectivity index (χ0) is 20.4. The van der Waals surface area contributed by atoms with Gasteiger partial charge in [0.2, 0.25) is 5.88 Å². The third-order valence-electron chi connectivity index (χ3n) is 5.21. The number of aromatic hydroxyl groups is 1. The lowest BCUT2D eigenvalue weighted by molar-refractivity contribution is -0.384. The van der Waals surface area contributed by atoms with E-state index >= 15 is 0 Å². The Morgan fingerprint density at radius 3 is 2.61 bits per heavy atom. The normalized spacial score (nSPS) is 14.5. The first-order valence-electron chi connectivity index (χ1n) is 9.02. The zero-order valence-electron chi connectivity index (χ0n) is 15.7. The van der Waals surface area contributed by atoms with Crippen LogP contribution in [0.25, 0.3) is 0 Å². The van der Waals surface area contributed by atoms with Crippen molar-refractivity contribution < 1.29 is 10.0 Å². The second-order valence-electron chi connectivity index (χ2n) is 6.95. The fourth-order valence-electron chi connectivity index (χ4n) is 3.63. The summed E-state index contributed by atoms with van der Waals surface area (Å²) >= 11 is 0. The van der Waals surface area contributed by atoms with E-state index in [9.17, 15) is 25.3 Å². The number of hydrogen-bond donors (Lipinski definition) is 1. The molecule has 144 valence electrons. The molecule has 1 N–H and O–H groups in total. The van der Waals surface area contributed by atoms with Gasteiger partial charge in [0.25, 0.3) is 11.2 Å². The molecule has 0 radical (unpaired) electrons. The smallest absolute Gasteiger partial charge is 0.271 e. The highest BCUT2D eigenvalue weighted by Crippen LogP contribution is 2.33. The van der Waals surface area contributed by atoms with E-state index in [1.54, 1.807) is 13.8 Å². The Kier molecular flexibility index (Phi) is 5.27. The van der Waals surface area contributed by atoms with Crippen molar-refractivity contribution in [3.8, 4) is 11.9 Å². The summed E-state index contributed by atoms with van der Waals surface area (Å²) in [5.74, 6) is -0.197. The summed E-state index contributed by atoms with van der Waals surface area (Å²) < 4.78 is 1.31. The summed E-state index contributed by atoms with van der Waals surface area (Å²) in [5.41, 5.74) is 1.26. The Bertz CT molecular complexity index is 1070. The molecule has 1 aliphatic carbocycles. The second kappa shape index (κ2) is 7.64. The average Bonchev–Trinajstić information content (AvgIpc) is 3.17. The number of nitro benzene ring substituents is 1. The largest absolute Gasteiger partial charge is 0.494 e. The maximum absolute atomic E-state index is 12.7. The first kappa shape index (κ1) is 19.3. The number of benzene rings is 1. The van der Waals surface area contributed by atoms with Gasteiger partial charge in [0, 0.05) is 24.4 Å². The number of hydrogen-bond acceptors (Lipinski definition) is 6. The van der Waals surface area contributed by atoms with Crippen LogP contribution in [0.1, 0.15) is 54.0 Å². The molecule has 1 aliphatic rings. The lowest BCUT2D eigenvalue weighted by atomic mass is 10.0. The van der Waals surface area contributed by atoms with Crippen LogP contribution in [-0.2, 0) is 0 Å². The number of nitro groups is 1. The second-order valence-corrected chi connectivity index (χ2v) is 6.95. The monoisotopic (exact) mass is 380 g/mol. The Morgan fingerprint density at radius 2 is 2.04 bits per heavy atom. The van der Waals surface area contributed by atoms with Crippen LogP contribution in [-0.4, -0.2) is 20.8 Å². The van der Waals surface area contributed by atoms with Crippen molar-refractivity contribution in [1.82, 2.24) is 4.57 Å². The lowest BCUT2D eigenvalue weighted by Crippen LogP contribution is -2.28. The Hall–Kier alpha value is -3.47. The summed E-state index contributed by atoms with van der Waals surface area (Å²) in [7, 11) is 0. The topological polar surface area (TPSA) is 122 Å². The van der Waals surface area contributed by atoms with Gasteiger partial charge in [-0.05, 0) is 43.9 Å². The predicted molar refractivity (Wildman–Crippen MR) is 104 cm³/mol. The fourth-order valence-corrected chi connectivity index (χ4v) is 3.63. The molecule has 1 aromatic heterocycles. The number of rotatable bonds is 4. The zero-order valence-corrected chi connectivity index (χ0v) is 15.7. The summed E-state index contributed by atoms with van der Waals surface area (Å²) in [6.07, 6.45) is 4.90. The SMILES string of the molecule is Cc1cc([N+](=O)[O-])ccc1N=Cc1c(C)c(C#N)c(=O)n(C2CCCC2)c1O. The van der Waals surface area contributed by atoms with Gasteiger partial charge in [-0.2, -0.15) is 5.26 Å². The number of aryl methyl sites for hydroxylation is 1. The molecule has 1 saturated carbocycles. The van der Waals surface area contributed by atoms with Gasteiger partial charge in [0.05, 0.1) is 16.2 Å². The first-order chi connectivity index (χ1) is 13.3. The van der Waals surface area contributed by atoms with E-state index < -0.39 is 10.5 Å². The Balaban J connectivity index is 2.10. The predicted octanol–water partition coefficient (Wildman–Crippen LogP) is 3.82. The van der Waals surface area contributed by atoms with Crippen LogP contribution in [0, 0.1) is 35.3 Å². The molecule has 1 fully saturated rings. The van der Waals surface area contributed by atoms with Gasteiger partial charge in [-0.25, -0.2) is 0 Å². The molecule has 0 bridgehead atoms. The minimum Gasteiger partial charge on any atom is -0.494 e. The minimum atomic E-state index is -0.479. The molecule has 3 rings (SSSR count). The number of pyridine rings is 1. The van der Waals surface area contributed by atoms with Crippen LogP contribution in [0.4, 0.5) is 11.4 Å². The average molecular weight is 380 g/mol. The molecular formula is C20H20N4O4. The van der Waals surface area contributed by atoms with E-state index in [0.717, 1.165) is 25.7 Å². The highest BCUT2D eigenvalue weighted by atomic mass is 16.6. The first-order valence-corrected chi connectivity index (χ1v) is 9.02. The van der Waals surface area contributed by atoms with E-state index in [2.05, 4.69) is 4.99 Å². The van der Waals surface area contributed by atoms with Crippen LogP contribution < -0.4 is 5.56 Å². The van der Waals surface area contributed by atoms with Crippen molar-refractivity contribution >= 4 is 17.6 Å². The van der Waals surface area contributed by atoms with E-state index in [1.165, 1.54) is 29.0 Å². The van der Waals surface area contributed by atoms with Crippen molar-refractivity contribution in [3.63, 3.8) is 0 Å². The van der Waals surface area contributed by atoms with Gasteiger partial charge < -0.3 is 5.11 Å². The number of aliphatic imine (C=N–C) groups is 1. The summed E-state index contributed by atoms with van der Waals surface area (Å²) in [4.78, 5) is 27.4. The molecule has 8 nitrogen and oxygen atoms in total. The molecule has 0 unspecified atom stereocenters. The highest BCUT2D eigenvalue weighted by molar-refractivity contribution is 5.87. The van der Waals surface area contributed by atoms with Crippen molar-refractivity contribution in [2.45, 2.75) is 45.6 Å². The molecule has 0 atom stereocenters. The third kappa shape index (κ3) is 3.39. The maximum Gasteiger partial charge on any atom is 0.271 e. The van der Waals surface area contributed by atoms with Gasteiger partial charge in [-0.3, -0.25) is 24.5 Å². The van der Waals surface area contributed by atoms with Gasteiger partial charge in [0.1, 0.15) is 11.6 Å². The molecule has 28 heavy (non-hydrogen) atoms. The summed E-state index contributed by atoms with van der Waals surface area (Å²) in [5, 5.41) is 31.1. The molecule has 2 aromatic rings. The third-order valence-corrected chi connectivity index (χ3v) is 5.21. The van der Waals surface area contributed by atoms with E-state index in [0.29, 0.717) is 22.4 Å². The quantitative estimate of drug-likeness (QED) is 0.491. The van der Waals surface area contributed by atoms with Crippen LogP contribution in [0.5, 0.6) is 5.88 Å². The van der Waals surface area contributed by atoms with Gasteiger partial charge in [-0.1, -0.05) is 12.8 Å². The molecule has 0 aliphatic heterocycles. The Morgan fingerprint density at radius 1 is 1.36 bits per heavy atom. The number of non-ortho nitro benzene ring substituents is 1. The van der Waals surface area contributed by atoms with E-state index in [4.69, 9.17) is 0 Å². The van der Waals surface area contributed by atoms with Crippen LogP contribution in [0.15, 0.2) is 28.0 Å². The van der Waals surface area contributed by atoms with Gasteiger partial charge >= 0.3 is 0 Å². The summed E-state index contributed by atoms with van der Waals surface area (Å²) in [6.45, 7) is 3.30. The standard InChI is InChI=1S/C20H20N4O4/c1-12-9-15(24(27)28)7-8-18(12)22-11-17-13(2)16(10-21)19(25)23(20(17)26)14-5-3-4-6-14/h7-9,11,14,26H,3-6H2,1-2H3. The lowest BCUT2D eigenvalue weighted by Gasteiger charge is -2.19. The van der Waals surface area contributed by atoms with E-state index in [-0.39, 0.29) is 23.2 Å². The van der Waals surface area contributed by atoms with Crippen LogP contribution in [0.2, 0.25) is 0 Å².